The Bertz CT molecular complexity index is 192. The minimum Gasteiger partial charge on any atom is -0.370 e. The zero-order valence-corrected chi connectivity index (χ0v) is 7.51. The molecular formula is C8H15N3O2. The van der Waals surface area contributed by atoms with E-state index in [1.54, 1.807) is 6.08 Å². The van der Waals surface area contributed by atoms with Gasteiger partial charge in [0, 0.05) is 19.5 Å². The summed E-state index contributed by atoms with van der Waals surface area (Å²) in [5, 5.41) is 5.36. The molecule has 0 saturated heterocycles. The first-order valence-electron chi connectivity index (χ1n) is 4.03. The second kappa shape index (κ2) is 7.30. The SMILES string of the molecule is C=CCNCC(=O)NCCC(N)=O. The van der Waals surface area contributed by atoms with Gasteiger partial charge >= 0.3 is 0 Å². The normalized spacial score (nSPS) is 9.23. The minimum atomic E-state index is -0.417. The summed E-state index contributed by atoms with van der Waals surface area (Å²) in [5.41, 5.74) is 4.88. The predicted molar refractivity (Wildman–Crippen MR) is 49.9 cm³/mol. The van der Waals surface area contributed by atoms with E-state index in [1.165, 1.54) is 0 Å². The van der Waals surface area contributed by atoms with Crippen molar-refractivity contribution in [3.05, 3.63) is 12.7 Å². The van der Waals surface area contributed by atoms with Crippen molar-refractivity contribution < 1.29 is 9.59 Å². The molecule has 0 heterocycles. The van der Waals surface area contributed by atoms with Gasteiger partial charge in [0.15, 0.2) is 0 Å². The summed E-state index contributed by atoms with van der Waals surface area (Å²) in [5.74, 6) is -0.567. The number of rotatable bonds is 7. The van der Waals surface area contributed by atoms with Crippen LogP contribution in [-0.2, 0) is 9.59 Å². The van der Waals surface area contributed by atoms with E-state index in [0.717, 1.165) is 0 Å². The van der Waals surface area contributed by atoms with Gasteiger partial charge in [-0.25, -0.2) is 0 Å². The number of amides is 2. The number of hydrogen-bond donors (Lipinski definition) is 3. The van der Waals surface area contributed by atoms with Crippen LogP contribution in [0.1, 0.15) is 6.42 Å². The minimum absolute atomic E-state index is 0.150. The molecule has 0 aliphatic carbocycles. The lowest BCUT2D eigenvalue weighted by atomic mass is 10.4. The molecule has 0 radical (unpaired) electrons. The van der Waals surface area contributed by atoms with Crippen LogP contribution in [0.5, 0.6) is 0 Å². The van der Waals surface area contributed by atoms with Crippen LogP contribution in [0.2, 0.25) is 0 Å². The van der Waals surface area contributed by atoms with Gasteiger partial charge in [0.1, 0.15) is 0 Å². The Hall–Kier alpha value is -1.36. The van der Waals surface area contributed by atoms with Crippen LogP contribution < -0.4 is 16.4 Å². The summed E-state index contributed by atoms with van der Waals surface area (Å²) in [6.07, 6.45) is 1.84. The third-order valence-corrected chi connectivity index (χ3v) is 1.27. The molecule has 2 amide bonds. The quantitative estimate of drug-likeness (QED) is 0.342. The average Bonchev–Trinajstić information content (AvgIpc) is 2.04. The molecule has 0 spiro atoms. The first-order valence-corrected chi connectivity index (χ1v) is 4.03. The molecule has 5 nitrogen and oxygen atoms in total. The largest absolute Gasteiger partial charge is 0.370 e. The van der Waals surface area contributed by atoms with Crippen molar-refractivity contribution in [1.29, 1.82) is 0 Å². The zero-order valence-electron chi connectivity index (χ0n) is 7.51. The fourth-order valence-corrected chi connectivity index (χ4v) is 0.675. The highest BCUT2D eigenvalue weighted by molar-refractivity contribution is 5.79. The maximum Gasteiger partial charge on any atom is 0.233 e. The number of nitrogens with one attached hydrogen (secondary N) is 2. The van der Waals surface area contributed by atoms with Crippen molar-refractivity contribution in [3.63, 3.8) is 0 Å². The van der Waals surface area contributed by atoms with Gasteiger partial charge in [-0.1, -0.05) is 6.08 Å². The van der Waals surface area contributed by atoms with Crippen LogP contribution in [-0.4, -0.2) is 31.4 Å². The maximum absolute atomic E-state index is 10.9. The molecule has 0 aromatic rings. The van der Waals surface area contributed by atoms with E-state index in [0.29, 0.717) is 13.1 Å². The number of hydrogen-bond acceptors (Lipinski definition) is 3. The summed E-state index contributed by atoms with van der Waals surface area (Å²) in [6.45, 7) is 4.60. The third kappa shape index (κ3) is 8.55. The van der Waals surface area contributed by atoms with Gasteiger partial charge in [-0.05, 0) is 0 Å². The molecule has 0 aliphatic rings. The number of carbonyl (C=O) groups is 2. The highest BCUT2D eigenvalue weighted by Crippen LogP contribution is 1.73. The molecule has 0 rings (SSSR count). The zero-order chi connectivity index (χ0) is 10.1. The Kier molecular flexibility index (Phi) is 6.53. The van der Waals surface area contributed by atoms with Crippen LogP contribution >= 0.6 is 0 Å². The fourth-order valence-electron chi connectivity index (χ4n) is 0.675. The van der Waals surface area contributed by atoms with Crippen molar-refractivity contribution >= 4 is 11.8 Å². The Morgan fingerprint density at radius 1 is 1.46 bits per heavy atom. The molecule has 0 aliphatic heterocycles. The topological polar surface area (TPSA) is 84.2 Å². The van der Waals surface area contributed by atoms with Crippen LogP contribution in [0.3, 0.4) is 0 Å². The maximum atomic E-state index is 10.9. The Balaban J connectivity index is 3.30. The standard InChI is InChI=1S/C8H15N3O2/c1-2-4-10-6-8(13)11-5-3-7(9)12/h2,10H,1,3-6H2,(H2,9,12)(H,11,13). The molecule has 4 N–H and O–H groups in total. The molecule has 0 bridgehead atoms. The van der Waals surface area contributed by atoms with E-state index < -0.39 is 5.91 Å². The Morgan fingerprint density at radius 3 is 2.69 bits per heavy atom. The van der Waals surface area contributed by atoms with Gasteiger partial charge in [0.05, 0.1) is 6.54 Å². The number of nitrogens with two attached hydrogens (primary N) is 1. The third-order valence-electron chi connectivity index (χ3n) is 1.27. The predicted octanol–water partition coefficient (Wildman–Crippen LogP) is -1.25. The molecule has 5 heteroatoms. The van der Waals surface area contributed by atoms with Crippen LogP contribution in [0, 0.1) is 0 Å². The van der Waals surface area contributed by atoms with E-state index in [-0.39, 0.29) is 18.9 Å². The monoisotopic (exact) mass is 185 g/mol. The molecule has 0 fully saturated rings. The molecule has 0 aromatic heterocycles. The second-order valence-electron chi connectivity index (χ2n) is 2.49. The molecule has 0 aromatic carbocycles. The Morgan fingerprint density at radius 2 is 2.15 bits per heavy atom. The summed E-state index contributed by atoms with van der Waals surface area (Å²) in [6, 6.07) is 0. The number of carbonyl (C=O) groups excluding carboxylic acids is 2. The van der Waals surface area contributed by atoms with Gasteiger partial charge in [-0.2, -0.15) is 0 Å². The van der Waals surface area contributed by atoms with Crippen LogP contribution in [0.25, 0.3) is 0 Å². The summed E-state index contributed by atoms with van der Waals surface area (Å²) >= 11 is 0. The van der Waals surface area contributed by atoms with Crippen molar-refractivity contribution in [1.82, 2.24) is 10.6 Å². The molecular weight excluding hydrogens is 170 g/mol. The first kappa shape index (κ1) is 11.6. The molecule has 0 unspecified atom stereocenters. The summed E-state index contributed by atoms with van der Waals surface area (Å²) < 4.78 is 0. The molecule has 13 heavy (non-hydrogen) atoms. The van der Waals surface area contributed by atoms with Crippen LogP contribution in [0.4, 0.5) is 0 Å². The van der Waals surface area contributed by atoms with Crippen molar-refractivity contribution in [2.75, 3.05) is 19.6 Å². The van der Waals surface area contributed by atoms with E-state index >= 15 is 0 Å². The second-order valence-corrected chi connectivity index (χ2v) is 2.49. The highest BCUT2D eigenvalue weighted by Gasteiger charge is 1.99. The van der Waals surface area contributed by atoms with Crippen molar-refractivity contribution in [2.45, 2.75) is 6.42 Å². The first-order chi connectivity index (χ1) is 6.16. The Labute approximate surface area is 77.4 Å². The summed E-state index contributed by atoms with van der Waals surface area (Å²) in [7, 11) is 0. The summed E-state index contributed by atoms with van der Waals surface area (Å²) in [4.78, 5) is 21.2. The van der Waals surface area contributed by atoms with Gasteiger partial charge in [-0.15, -0.1) is 6.58 Å². The lowest BCUT2D eigenvalue weighted by Crippen LogP contribution is -2.35. The van der Waals surface area contributed by atoms with Crippen LogP contribution in [0.15, 0.2) is 12.7 Å². The highest BCUT2D eigenvalue weighted by atomic mass is 16.2. The smallest absolute Gasteiger partial charge is 0.233 e. The van der Waals surface area contributed by atoms with Crippen molar-refractivity contribution in [2.24, 2.45) is 5.73 Å². The van der Waals surface area contributed by atoms with Gasteiger partial charge in [0.2, 0.25) is 11.8 Å². The average molecular weight is 185 g/mol. The van der Waals surface area contributed by atoms with Gasteiger partial charge in [0.25, 0.3) is 0 Å². The van der Waals surface area contributed by atoms with E-state index in [4.69, 9.17) is 5.73 Å². The van der Waals surface area contributed by atoms with Gasteiger partial charge in [-0.3, -0.25) is 9.59 Å². The number of primary amides is 1. The van der Waals surface area contributed by atoms with Crippen molar-refractivity contribution in [3.8, 4) is 0 Å². The van der Waals surface area contributed by atoms with E-state index in [2.05, 4.69) is 17.2 Å². The molecule has 0 atom stereocenters. The molecule has 74 valence electrons. The fraction of sp³-hybridized carbons (Fsp3) is 0.500. The van der Waals surface area contributed by atoms with Gasteiger partial charge < -0.3 is 16.4 Å². The van der Waals surface area contributed by atoms with E-state index in [9.17, 15) is 9.59 Å². The lowest BCUT2D eigenvalue weighted by Gasteiger charge is -2.03. The lowest BCUT2D eigenvalue weighted by molar-refractivity contribution is -0.120. The molecule has 0 saturated carbocycles. The van der Waals surface area contributed by atoms with E-state index in [1.807, 2.05) is 0 Å².